The van der Waals surface area contributed by atoms with Gasteiger partial charge in [0.1, 0.15) is 6.61 Å². The van der Waals surface area contributed by atoms with Crippen molar-refractivity contribution in [3.8, 4) is 0 Å². The summed E-state index contributed by atoms with van der Waals surface area (Å²) in [5, 5.41) is 13.2. The number of rotatable bonds is 6. The van der Waals surface area contributed by atoms with Crippen LogP contribution in [-0.2, 0) is 16.1 Å². The molecule has 0 saturated carbocycles. The zero-order chi connectivity index (χ0) is 19.2. The predicted octanol–water partition coefficient (Wildman–Crippen LogP) is 2.94. The van der Waals surface area contributed by atoms with Crippen molar-refractivity contribution in [1.82, 2.24) is 5.32 Å². The van der Waals surface area contributed by atoms with E-state index in [0.29, 0.717) is 5.56 Å². The summed E-state index contributed by atoms with van der Waals surface area (Å²) in [6.07, 6.45) is -1.10. The van der Waals surface area contributed by atoms with E-state index in [9.17, 15) is 14.7 Å². The van der Waals surface area contributed by atoms with Crippen LogP contribution in [0.4, 0.5) is 0 Å². The quantitative estimate of drug-likeness (QED) is 0.781. The highest BCUT2D eigenvalue weighted by Crippen LogP contribution is 2.23. The topological polar surface area (TPSA) is 75.6 Å². The van der Waals surface area contributed by atoms with Crippen molar-refractivity contribution in [3.05, 3.63) is 71.8 Å². The summed E-state index contributed by atoms with van der Waals surface area (Å²) < 4.78 is 5.33. The number of aliphatic hydroxyl groups is 1. The number of hydrogen-bond acceptors (Lipinski definition) is 4. The fourth-order valence-corrected chi connectivity index (χ4v) is 2.40. The molecule has 0 aliphatic carbocycles. The van der Waals surface area contributed by atoms with Crippen LogP contribution in [0.5, 0.6) is 0 Å². The molecule has 2 aromatic rings. The Balaban J connectivity index is 2.12. The second-order valence-electron chi connectivity index (χ2n) is 7.22. The second-order valence-corrected chi connectivity index (χ2v) is 7.22. The monoisotopic (exact) mass is 355 g/mol. The van der Waals surface area contributed by atoms with Crippen molar-refractivity contribution in [1.29, 1.82) is 0 Å². The minimum absolute atomic E-state index is 0.0776. The third-order valence-corrected chi connectivity index (χ3v) is 4.00. The van der Waals surface area contributed by atoms with Gasteiger partial charge < -0.3 is 15.2 Å². The first-order chi connectivity index (χ1) is 12.3. The standard InChI is InChI=1S/C21H25NO4/c1-21(2,3)18(23)17(22-19(24)16-12-8-5-9-13-16)20(25)26-14-15-10-6-4-7-11-15/h4-13,17-18,23H,14H2,1-3H3,(H,22,24)/t17-,18+/m0/s1. The highest BCUT2D eigenvalue weighted by Gasteiger charge is 2.37. The highest BCUT2D eigenvalue weighted by atomic mass is 16.5. The van der Waals surface area contributed by atoms with Crippen LogP contribution in [0.2, 0.25) is 0 Å². The molecule has 2 rings (SSSR count). The number of ether oxygens (including phenoxy) is 1. The lowest BCUT2D eigenvalue weighted by Gasteiger charge is -2.32. The van der Waals surface area contributed by atoms with Gasteiger partial charge in [-0.3, -0.25) is 4.79 Å². The van der Waals surface area contributed by atoms with Crippen molar-refractivity contribution in [3.63, 3.8) is 0 Å². The average molecular weight is 355 g/mol. The SMILES string of the molecule is CC(C)(C)[C@H](O)[C@H](NC(=O)c1ccccc1)C(=O)OCc1ccccc1. The van der Waals surface area contributed by atoms with Gasteiger partial charge in [-0.15, -0.1) is 0 Å². The zero-order valence-corrected chi connectivity index (χ0v) is 15.3. The molecule has 0 aliphatic rings. The predicted molar refractivity (Wildman–Crippen MR) is 99.4 cm³/mol. The molecule has 5 nitrogen and oxygen atoms in total. The van der Waals surface area contributed by atoms with Gasteiger partial charge in [0.15, 0.2) is 6.04 Å². The maximum Gasteiger partial charge on any atom is 0.331 e. The normalized spacial score (nSPS) is 13.5. The van der Waals surface area contributed by atoms with Crippen LogP contribution in [0.25, 0.3) is 0 Å². The third-order valence-electron chi connectivity index (χ3n) is 4.00. The Hall–Kier alpha value is -2.66. The molecule has 26 heavy (non-hydrogen) atoms. The summed E-state index contributed by atoms with van der Waals surface area (Å²) in [6.45, 7) is 5.46. The van der Waals surface area contributed by atoms with E-state index in [1.165, 1.54) is 0 Å². The van der Waals surface area contributed by atoms with Crippen LogP contribution >= 0.6 is 0 Å². The Kier molecular flexibility index (Phi) is 6.52. The molecule has 0 aromatic heterocycles. The lowest BCUT2D eigenvalue weighted by molar-refractivity contribution is -0.152. The van der Waals surface area contributed by atoms with Gasteiger partial charge in [0.05, 0.1) is 6.10 Å². The van der Waals surface area contributed by atoms with Gasteiger partial charge in [0.2, 0.25) is 0 Å². The molecule has 2 atom stereocenters. The lowest BCUT2D eigenvalue weighted by Crippen LogP contribution is -2.53. The average Bonchev–Trinajstić information content (AvgIpc) is 2.64. The van der Waals surface area contributed by atoms with Crippen molar-refractivity contribution < 1.29 is 19.4 Å². The molecule has 0 radical (unpaired) electrons. The largest absolute Gasteiger partial charge is 0.459 e. The van der Waals surface area contributed by atoms with E-state index in [0.717, 1.165) is 5.56 Å². The van der Waals surface area contributed by atoms with Crippen molar-refractivity contribution in [2.45, 2.75) is 39.5 Å². The van der Waals surface area contributed by atoms with Gasteiger partial charge in [-0.05, 0) is 23.1 Å². The number of nitrogens with one attached hydrogen (secondary N) is 1. The number of amides is 1. The summed E-state index contributed by atoms with van der Waals surface area (Å²) in [5.41, 5.74) is 0.633. The summed E-state index contributed by atoms with van der Waals surface area (Å²) >= 11 is 0. The first-order valence-electron chi connectivity index (χ1n) is 8.53. The van der Waals surface area contributed by atoms with Crippen molar-refractivity contribution >= 4 is 11.9 Å². The summed E-state index contributed by atoms with van der Waals surface area (Å²) in [6, 6.07) is 16.6. The van der Waals surface area contributed by atoms with E-state index < -0.39 is 29.4 Å². The lowest BCUT2D eigenvalue weighted by atomic mass is 9.84. The highest BCUT2D eigenvalue weighted by molar-refractivity contribution is 5.96. The molecular weight excluding hydrogens is 330 g/mol. The van der Waals surface area contributed by atoms with Crippen molar-refractivity contribution in [2.75, 3.05) is 0 Å². The molecule has 5 heteroatoms. The molecule has 1 amide bonds. The molecule has 0 fully saturated rings. The third kappa shape index (κ3) is 5.43. The number of aliphatic hydroxyl groups excluding tert-OH is 1. The van der Waals surface area contributed by atoms with E-state index in [-0.39, 0.29) is 6.61 Å². The van der Waals surface area contributed by atoms with E-state index in [4.69, 9.17) is 4.74 Å². The van der Waals surface area contributed by atoms with Gasteiger partial charge in [0.25, 0.3) is 5.91 Å². The van der Waals surface area contributed by atoms with E-state index in [1.807, 2.05) is 30.3 Å². The molecule has 0 heterocycles. The minimum atomic E-state index is -1.16. The number of carbonyl (C=O) groups is 2. The molecule has 0 bridgehead atoms. The van der Waals surface area contributed by atoms with Crippen LogP contribution in [0.15, 0.2) is 60.7 Å². The fraction of sp³-hybridized carbons (Fsp3) is 0.333. The Morgan fingerprint density at radius 2 is 1.54 bits per heavy atom. The van der Waals surface area contributed by atoms with Gasteiger partial charge in [-0.2, -0.15) is 0 Å². The van der Waals surface area contributed by atoms with Crippen molar-refractivity contribution in [2.24, 2.45) is 5.41 Å². The van der Waals surface area contributed by atoms with Gasteiger partial charge >= 0.3 is 5.97 Å². The molecular formula is C21H25NO4. The molecule has 138 valence electrons. The Morgan fingerprint density at radius 1 is 1.00 bits per heavy atom. The molecule has 0 unspecified atom stereocenters. The smallest absolute Gasteiger partial charge is 0.331 e. The number of esters is 1. The van der Waals surface area contributed by atoms with Crippen LogP contribution in [0, 0.1) is 5.41 Å². The molecule has 2 N–H and O–H groups in total. The summed E-state index contributed by atoms with van der Waals surface area (Å²) in [5.74, 6) is -1.10. The molecule has 0 saturated heterocycles. The van der Waals surface area contributed by atoms with Gasteiger partial charge in [-0.1, -0.05) is 69.3 Å². The first-order valence-corrected chi connectivity index (χ1v) is 8.53. The van der Waals surface area contributed by atoms with E-state index >= 15 is 0 Å². The Labute approximate surface area is 154 Å². The second kappa shape index (κ2) is 8.63. The van der Waals surface area contributed by atoms with Crippen LogP contribution in [-0.4, -0.2) is 29.1 Å². The van der Waals surface area contributed by atoms with Gasteiger partial charge in [0, 0.05) is 5.56 Å². The van der Waals surface area contributed by atoms with E-state index in [1.54, 1.807) is 51.1 Å². The van der Waals surface area contributed by atoms with Crippen LogP contribution in [0.1, 0.15) is 36.7 Å². The molecule has 0 spiro atoms. The number of carbonyl (C=O) groups excluding carboxylic acids is 2. The Morgan fingerprint density at radius 3 is 2.08 bits per heavy atom. The van der Waals surface area contributed by atoms with Crippen LogP contribution in [0.3, 0.4) is 0 Å². The molecule has 0 aliphatic heterocycles. The van der Waals surface area contributed by atoms with Gasteiger partial charge in [-0.25, -0.2) is 4.79 Å². The number of benzene rings is 2. The zero-order valence-electron chi connectivity index (χ0n) is 15.3. The summed E-state index contributed by atoms with van der Waals surface area (Å²) in [7, 11) is 0. The number of hydrogen-bond donors (Lipinski definition) is 2. The maximum atomic E-state index is 12.6. The summed E-state index contributed by atoms with van der Waals surface area (Å²) in [4.78, 5) is 25.0. The Bertz CT molecular complexity index is 723. The maximum absolute atomic E-state index is 12.6. The van der Waals surface area contributed by atoms with Crippen LogP contribution < -0.4 is 5.32 Å². The minimum Gasteiger partial charge on any atom is -0.459 e. The fourth-order valence-electron chi connectivity index (χ4n) is 2.40. The van der Waals surface area contributed by atoms with E-state index in [2.05, 4.69) is 5.32 Å². The molecule has 2 aromatic carbocycles. The first kappa shape index (κ1) is 19.7.